The molecule has 0 aliphatic rings. The molecule has 0 aliphatic heterocycles. The van der Waals surface area contributed by atoms with Gasteiger partial charge in [0.25, 0.3) is 0 Å². The SMILES string of the molecule is CCOCC(C)Nc1ccc(C)c(I)c1. The van der Waals surface area contributed by atoms with Gasteiger partial charge >= 0.3 is 0 Å². The topological polar surface area (TPSA) is 21.3 Å². The largest absolute Gasteiger partial charge is 0.380 e. The summed E-state index contributed by atoms with van der Waals surface area (Å²) >= 11 is 2.35. The number of hydrogen-bond donors (Lipinski definition) is 1. The Balaban J connectivity index is 2.53. The van der Waals surface area contributed by atoms with E-state index < -0.39 is 0 Å². The van der Waals surface area contributed by atoms with Crippen LogP contribution in [0.2, 0.25) is 0 Å². The summed E-state index contributed by atoms with van der Waals surface area (Å²) in [6.07, 6.45) is 0. The third-order valence-corrected chi connectivity index (χ3v) is 3.32. The fourth-order valence-electron chi connectivity index (χ4n) is 1.30. The molecule has 84 valence electrons. The molecular formula is C12H18INO. The zero-order chi connectivity index (χ0) is 11.3. The molecule has 1 unspecified atom stereocenters. The zero-order valence-electron chi connectivity index (χ0n) is 9.51. The molecule has 0 bridgehead atoms. The normalized spacial score (nSPS) is 12.5. The summed E-state index contributed by atoms with van der Waals surface area (Å²) in [4.78, 5) is 0. The highest BCUT2D eigenvalue weighted by molar-refractivity contribution is 14.1. The standard InChI is InChI=1S/C12H18INO/c1-4-15-8-10(3)14-11-6-5-9(2)12(13)7-11/h5-7,10,14H,4,8H2,1-3H3. The molecule has 0 heterocycles. The summed E-state index contributed by atoms with van der Waals surface area (Å²) in [6, 6.07) is 6.76. The van der Waals surface area contributed by atoms with Crippen LogP contribution in [0.5, 0.6) is 0 Å². The Morgan fingerprint density at radius 1 is 1.47 bits per heavy atom. The number of hydrogen-bond acceptors (Lipinski definition) is 2. The van der Waals surface area contributed by atoms with E-state index in [9.17, 15) is 0 Å². The first-order valence-corrected chi connectivity index (χ1v) is 6.31. The van der Waals surface area contributed by atoms with E-state index in [0.717, 1.165) is 18.9 Å². The van der Waals surface area contributed by atoms with E-state index in [4.69, 9.17) is 4.74 Å². The van der Waals surface area contributed by atoms with Crippen molar-refractivity contribution in [2.24, 2.45) is 0 Å². The fraction of sp³-hybridized carbons (Fsp3) is 0.500. The molecule has 0 saturated heterocycles. The molecule has 2 nitrogen and oxygen atoms in total. The lowest BCUT2D eigenvalue weighted by atomic mass is 10.2. The van der Waals surface area contributed by atoms with Crippen molar-refractivity contribution in [1.82, 2.24) is 0 Å². The molecule has 3 heteroatoms. The van der Waals surface area contributed by atoms with Crippen LogP contribution in [0.3, 0.4) is 0 Å². The van der Waals surface area contributed by atoms with Gasteiger partial charge in [-0.1, -0.05) is 6.07 Å². The first kappa shape index (κ1) is 12.8. The molecule has 15 heavy (non-hydrogen) atoms. The number of nitrogens with one attached hydrogen (secondary N) is 1. The van der Waals surface area contributed by atoms with Gasteiger partial charge in [-0.05, 0) is 61.1 Å². The molecule has 0 amide bonds. The van der Waals surface area contributed by atoms with Crippen molar-refractivity contribution < 1.29 is 4.74 Å². The predicted molar refractivity (Wildman–Crippen MR) is 73.5 cm³/mol. The van der Waals surface area contributed by atoms with Crippen LogP contribution in [0.15, 0.2) is 18.2 Å². The van der Waals surface area contributed by atoms with Gasteiger partial charge in [0, 0.05) is 21.9 Å². The molecule has 1 N–H and O–H groups in total. The van der Waals surface area contributed by atoms with Gasteiger partial charge in [-0.2, -0.15) is 0 Å². The number of rotatable bonds is 5. The number of aryl methyl sites for hydroxylation is 1. The van der Waals surface area contributed by atoms with Crippen molar-refractivity contribution in [2.45, 2.75) is 26.8 Å². The van der Waals surface area contributed by atoms with Gasteiger partial charge in [0.05, 0.1) is 6.61 Å². The van der Waals surface area contributed by atoms with Gasteiger partial charge in [-0.3, -0.25) is 0 Å². The minimum absolute atomic E-state index is 0.350. The maximum absolute atomic E-state index is 5.36. The average Bonchev–Trinajstić information content (AvgIpc) is 2.20. The average molecular weight is 319 g/mol. The molecule has 1 atom stereocenters. The van der Waals surface area contributed by atoms with Crippen LogP contribution in [-0.2, 0) is 4.74 Å². The van der Waals surface area contributed by atoms with Crippen LogP contribution in [0.25, 0.3) is 0 Å². The Kier molecular flexibility index (Phi) is 5.39. The lowest BCUT2D eigenvalue weighted by Crippen LogP contribution is -2.21. The van der Waals surface area contributed by atoms with Gasteiger partial charge < -0.3 is 10.1 Å². The third kappa shape index (κ3) is 4.38. The highest BCUT2D eigenvalue weighted by Gasteiger charge is 2.02. The number of halogens is 1. The summed E-state index contributed by atoms with van der Waals surface area (Å²) in [5.41, 5.74) is 2.48. The fourth-order valence-corrected chi connectivity index (χ4v) is 1.82. The Bertz CT molecular complexity index is 314. The second kappa shape index (κ2) is 6.33. The molecule has 0 aromatic heterocycles. The Morgan fingerprint density at radius 3 is 2.80 bits per heavy atom. The monoisotopic (exact) mass is 319 g/mol. The summed E-state index contributed by atoms with van der Waals surface area (Å²) in [6.45, 7) is 7.79. The maximum Gasteiger partial charge on any atom is 0.0664 e. The van der Waals surface area contributed by atoms with E-state index in [1.54, 1.807) is 0 Å². The molecule has 1 rings (SSSR count). The minimum Gasteiger partial charge on any atom is -0.380 e. The van der Waals surface area contributed by atoms with E-state index in [2.05, 4.69) is 60.0 Å². The Hall–Kier alpha value is -0.290. The van der Waals surface area contributed by atoms with Gasteiger partial charge in [-0.15, -0.1) is 0 Å². The van der Waals surface area contributed by atoms with E-state index >= 15 is 0 Å². The van der Waals surface area contributed by atoms with Crippen molar-refractivity contribution >= 4 is 28.3 Å². The third-order valence-electron chi connectivity index (χ3n) is 2.16. The Labute approximate surface area is 106 Å². The maximum atomic E-state index is 5.36. The van der Waals surface area contributed by atoms with Crippen LogP contribution >= 0.6 is 22.6 Å². The number of anilines is 1. The van der Waals surface area contributed by atoms with Crippen LogP contribution in [0, 0.1) is 10.5 Å². The minimum atomic E-state index is 0.350. The molecule has 0 fully saturated rings. The molecule has 1 aromatic carbocycles. The van der Waals surface area contributed by atoms with Gasteiger partial charge in [0.2, 0.25) is 0 Å². The number of benzene rings is 1. The van der Waals surface area contributed by atoms with E-state index in [1.807, 2.05) is 6.92 Å². The summed E-state index contributed by atoms with van der Waals surface area (Å²) in [5.74, 6) is 0. The van der Waals surface area contributed by atoms with Gasteiger partial charge in [-0.25, -0.2) is 0 Å². The van der Waals surface area contributed by atoms with Crippen molar-refractivity contribution in [3.8, 4) is 0 Å². The second-order valence-electron chi connectivity index (χ2n) is 3.67. The van der Waals surface area contributed by atoms with Gasteiger partial charge in [0.1, 0.15) is 0 Å². The summed E-state index contributed by atoms with van der Waals surface area (Å²) in [7, 11) is 0. The lowest BCUT2D eigenvalue weighted by Gasteiger charge is -2.15. The molecule has 0 saturated carbocycles. The van der Waals surface area contributed by atoms with Crippen LogP contribution < -0.4 is 5.32 Å². The van der Waals surface area contributed by atoms with Crippen molar-refractivity contribution in [2.75, 3.05) is 18.5 Å². The molecule has 0 spiro atoms. The highest BCUT2D eigenvalue weighted by atomic mass is 127. The first-order valence-electron chi connectivity index (χ1n) is 5.24. The number of ether oxygens (including phenoxy) is 1. The van der Waals surface area contributed by atoms with Crippen LogP contribution in [0.1, 0.15) is 19.4 Å². The zero-order valence-corrected chi connectivity index (χ0v) is 11.7. The second-order valence-corrected chi connectivity index (χ2v) is 4.83. The first-order chi connectivity index (χ1) is 7.13. The lowest BCUT2D eigenvalue weighted by molar-refractivity contribution is 0.141. The van der Waals surface area contributed by atoms with Crippen LogP contribution in [-0.4, -0.2) is 19.3 Å². The predicted octanol–water partition coefficient (Wildman–Crippen LogP) is 3.44. The summed E-state index contributed by atoms with van der Waals surface area (Å²) < 4.78 is 6.65. The van der Waals surface area contributed by atoms with E-state index in [1.165, 1.54) is 9.13 Å². The van der Waals surface area contributed by atoms with E-state index in [0.29, 0.717) is 6.04 Å². The molecular weight excluding hydrogens is 301 g/mol. The van der Waals surface area contributed by atoms with E-state index in [-0.39, 0.29) is 0 Å². The smallest absolute Gasteiger partial charge is 0.0664 e. The summed E-state index contributed by atoms with van der Waals surface area (Å²) in [5, 5.41) is 3.41. The molecule has 0 radical (unpaired) electrons. The van der Waals surface area contributed by atoms with Crippen molar-refractivity contribution in [1.29, 1.82) is 0 Å². The molecule has 0 aliphatic carbocycles. The highest BCUT2D eigenvalue weighted by Crippen LogP contribution is 2.17. The van der Waals surface area contributed by atoms with Crippen molar-refractivity contribution in [3.05, 3.63) is 27.3 Å². The Morgan fingerprint density at radius 2 is 2.20 bits per heavy atom. The van der Waals surface area contributed by atoms with Gasteiger partial charge in [0.15, 0.2) is 0 Å². The van der Waals surface area contributed by atoms with Crippen molar-refractivity contribution in [3.63, 3.8) is 0 Å². The van der Waals surface area contributed by atoms with Crippen LogP contribution in [0.4, 0.5) is 5.69 Å². The molecule has 1 aromatic rings. The quantitative estimate of drug-likeness (QED) is 0.840.